The summed E-state index contributed by atoms with van der Waals surface area (Å²) in [5.74, 6) is 0.302. The fourth-order valence-corrected chi connectivity index (χ4v) is 1.86. The predicted octanol–water partition coefficient (Wildman–Crippen LogP) is 3.65. The molecule has 0 unspecified atom stereocenters. The lowest BCUT2D eigenvalue weighted by atomic mass is 10.3. The minimum atomic E-state index is -2.56. The summed E-state index contributed by atoms with van der Waals surface area (Å²) in [6.07, 6.45) is 2.63. The van der Waals surface area contributed by atoms with Gasteiger partial charge in [-0.3, -0.25) is 4.57 Å². The maximum Gasteiger partial charge on any atom is 0.319 e. The maximum absolute atomic E-state index is 12.6. The molecule has 0 saturated heterocycles. The molecule has 2 aromatic rings. The van der Waals surface area contributed by atoms with Crippen LogP contribution in [0.5, 0.6) is 0 Å². The first-order valence-electron chi connectivity index (χ1n) is 4.97. The van der Waals surface area contributed by atoms with E-state index in [1.54, 1.807) is 0 Å². The number of alkyl halides is 2. The third kappa shape index (κ3) is 2.82. The third-order valence-corrected chi connectivity index (χ3v) is 2.96. The number of para-hydroxylation sites is 1. The van der Waals surface area contributed by atoms with Gasteiger partial charge in [0.25, 0.3) is 0 Å². The Morgan fingerprint density at radius 3 is 2.82 bits per heavy atom. The zero-order valence-corrected chi connectivity index (χ0v) is 10.4. The second kappa shape index (κ2) is 5.27. The van der Waals surface area contributed by atoms with E-state index in [9.17, 15) is 8.78 Å². The van der Waals surface area contributed by atoms with E-state index in [2.05, 4.69) is 26.2 Å². The second-order valence-electron chi connectivity index (χ2n) is 3.36. The molecule has 0 saturated carbocycles. The molecule has 0 bridgehead atoms. The number of rotatable bonds is 4. The van der Waals surface area contributed by atoms with Crippen molar-refractivity contribution in [3.63, 3.8) is 0 Å². The summed E-state index contributed by atoms with van der Waals surface area (Å²) in [6, 6.07) is 7.49. The van der Waals surface area contributed by atoms with Crippen molar-refractivity contribution in [3.05, 3.63) is 47.0 Å². The van der Waals surface area contributed by atoms with E-state index >= 15 is 0 Å². The van der Waals surface area contributed by atoms with Gasteiger partial charge in [0.05, 0.1) is 6.54 Å². The smallest absolute Gasteiger partial charge is 0.319 e. The summed E-state index contributed by atoms with van der Waals surface area (Å²) in [7, 11) is 0. The zero-order valence-electron chi connectivity index (χ0n) is 8.78. The molecule has 1 aromatic heterocycles. The average molecular weight is 302 g/mol. The first kappa shape index (κ1) is 12.0. The number of aromatic nitrogens is 2. The molecular formula is C11H10BrF2N3. The Labute approximate surface area is 106 Å². The molecule has 1 aromatic carbocycles. The van der Waals surface area contributed by atoms with Crippen LogP contribution >= 0.6 is 15.9 Å². The lowest BCUT2D eigenvalue weighted by Crippen LogP contribution is -2.09. The van der Waals surface area contributed by atoms with Gasteiger partial charge in [-0.25, -0.2) is 4.98 Å². The first-order chi connectivity index (χ1) is 8.18. The molecule has 6 heteroatoms. The van der Waals surface area contributed by atoms with Crippen LogP contribution in [0.4, 0.5) is 14.5 Å². The fraction of sp³-hybridized carbons (Fsp3) is 0.182. The lowest BCUT2D eigenvalue weighted by Gasteiger charge is -2.09. The van der Waals surface area contributed by atoms with Crippen LogP contribution in [-0.4, -0.2) is 9.55 Å². The molecule has 3 nitrogen and oxygen atoms in total. The second-order valence-corrected chi connectivity index (χ2v) is 4.22. The number of anilines is 1. The standard InChI is InChI=1S/C11H10BrF2N3/c12-8-3-1-2-4-9(8)16-7-10-15-5-6-17(10)11(13)14/h1-6,11,16H,7H2. The Morgan fingerprint density at radius 2 is 2.12 bits per heavy atom. The van der Waals surface area contributed by atoms with Crippen molar-refractivity contribution in [3.8, 4) is 0 Å². The van der Waals surface area contributed by atoms with Crippen molar-refractivity contribution in [2.75, 3.05) is 5.32 Å². The zero-order chi connectivity index (χ0) is 12.3. The third-order valence-electron chi connectivity index (χ3n) is 2.27. The van der Waals surface area contributed by atoms with Crippen molar-refractivity contribution < 1.29 is 8.78 Å². The van der Waals surface area contributed by atoms with Gasteiger partial charge < -0.3 is 5.32 Å². The van der Waals surface area contributed by atoms with Gasteiger partial charge >= 0.3 is 6.55 Å². The van der Waals surface area contributed by atoms with E-state index in [4.69, 9.17) is 0 Å². The van der Waals surface area contributed by atoms with E-state index < -0.39 is 6.55 Å². The van der Waals surface area contributed by atoms with Gasteiger partial charge in [-0.2, -0.15) is 8.78 Å². The summed E-state index contributed by atoms with van der Waals surface area (Å²) in [5.41, 5.74) is 0.844. The van der Waals surface area contributed by atoms with Gasteiger partial charge in [0.15, 0.2) is 0 Å². The molecule has 1 heterocycles. The van der Waals surface area contributed by atoms with Gasteiger partial charge in [-0.15, -0.1) is 0 Å². The van der Waals surface area contributed by atoms with Crippen molar-refractivity contribution in [1.82, 2.24) is 9.55 Å². The van der Waals surface area contributed by atoms with Crippen LogP contribution < -0.4 is 5.32 Å². The summed E-state index contributed by atoms with van der Waals surface area (Å²) in [4.78, 5) is 3.89. The van der Waals surface area contributed by atoms with Crippen LogP contribution in [0.25, 0.3) is 0 Å². The quantitative estimate of drug-likeness (QED) is 0.934. The molecule has 0 radical (unpaired) electrons. The van der Waals surface area contributed by atoms with Crippen molar-refractivity contribution in [2.45, 2.75) is 13.1 Å². The normalized spacial score (nSPS) is 10.8. The van der Waals surface area contributed by atoms with Crippen LogP contribution in [0, 0.1) is 0 Å². The van der Waals surface area contributed by atoms with E-state index in [1.807, 2.05) is 24.3 Å². The van der Waals surface area contributed by atoms with Crippen LogP contribution in [0.3, 0.4) is 0 Å². The van der Waals surface area contributed by atoms with Gasteiger partial charge in [-0.1, -0.05) is 12.1 Å². The number of hydrogen-bond donors (Lipinski definition) is 1. The van der Waals surface area contributed by atoms with Crippen molar-refractivity contribution in [2.24, 2.45) is 0 Å². The molecule has 90 valence electrons. The Morgan fingerprint density at radius 1 is 1.35 bits per heavy atom. The molecule has 0 amide bonds. The Hall–Kier alpha value is -1.43. The highest BCUT2D eigenvalue weighted by molar-refractivity contribution is 9.10. The summed E-state index contributed by atoms with van der Waals surface area (Å²) >= 11 is 3.37. The van der Waals surface area contributed by atoms with E-state index in [0.29, 0.717) is 5.82 Å². The van der Waals surface area contributed by atoms with Gasteiger partial charge in [0.1, 0.15) is 5.82 Å². The molecule has 0 atom stereocenters. The molecule has 1 N–H and O–H groups in total. The Balaban J connectivity index is 2.08. The van der Waals surface area contributed by atoms with Crippen LogP contribution in [-0.2, 0) is 6.54 Å². The summed E-state index contributed by atoms with van der Waals surface area (Å²) in [5, 5.41) is 3.05. The molecular weight excluding hydrogens is 292 g/mol. The Bertz CT molecular complexity index is 499. The molecule has 0 aliphatic carbocycles. The molecule has 2 rings (SSSR count). The highest BCUT2D eigenvalue weighted by Crippen LogP contribution is 2.22. The molecule has 0 aliphatic heterocycles. The first-order valence-corrected chi connectivity index (χ1v) is 5.76. The number of nitrogens with zero attached hydrogens (tertiary/aromatic N) is 2. The largest absolute Gasteiger partial charge is 0.377 e. The van der Waals surface area contributed by atoms with Crippen LogP contribution in [0.1, 0.15) is 12.4 Å². The van der Waals surface area contributed by atoms with E-state index in [0.717, 1.165) is 14.7 Å². The fourth-order valence-electron chi connectivity index (χ4n) is 1.44. The highest BCUT2D eigenvalue weighted by Gasteiger charge is 2.10. The summed E-state index contributed by atoms with van der Waals surface area (Å²) < 4.78 is 26.8. The average Bonchev–Trinajstić information content (AvgIpc) is 2.76. The number of benzene rings is 1. The predicted molar refractivity (Wildman–Crippen MR) is 64.9 cm³/mol. The minimum Gasteiger partial charge on any atom is -0.377 e. The lowest BCUT2D eigenvalue weighted by molar-refractivity contribution is 0.0673. The topological polar surface area (TPSA) is 29.9 Å². The SMILES string of the molecule is FC(F)n1ccnc1CNc1ccccc1Br. The van der Waals surface area contributed by atoms with Crippen molar-refractivity contribution in [1.29, 1.82) is 0 Å². The van der Waals surface area contributed by atoms with E-state index in [1.165, 1.54) is 12.4 Å². The van der Waals surface area contributed by atoms with Gasteiger partial charge in [-0.05, 0) is 28.1 Å². The Kier molecular flexibility index (Phi) is 3.73. The number of halogens is 3. The highest BCUT2D eigenvalue weighted by atomic mass is 79.9. The molecule has 0 aliphatic rings. The molecule has 0 fully saturated rings. The van der Waals surface area contributed by atoms with Crippen LogP contribution in [0.15, 0.2) is 41.1 Å². The maximum atomic E-state index is 12.6. The van der Waals surface area contributed by atoms with Crippen molar-refractivity contribution >= 4 is 21.6 Å². The molecule has 0 spiro atoms. The van der Waals surface area contributed by atoms with E-state index in [-0.39, 0.29) is 6.54 Å². The number of nitrogens with one attached hydrogen (secondary N) is 1. The van der Waals surface area contributed by atoms with Gasteiger partial charge in [0, 0.05) is 22.6 Å². The monoisotopic (exact) mass is 301 g/mol. The number of imidazole rings is 1. The molecule has 17 heavy (non-hydrogen) atoms. The van der Waals surface area contributed by atoms with Gasteiger partial charge in [0.2, 0.25) is 0 Å². The summed E-state index contributed by atoms with van der Waals surface area (Å²) in [6.45, 7) is -2.31. The minimum absolute atomic E-state index is 0.250. The number of hydrogen-bond acceptors (Lipinski definition) is 2. The van der Waals surface area contributed by atoms with Crippen LogP contribution in [0.2, 0.25) is 0 Å².